The van der Waals surface area contributed by atoms with Gasteiger partial charge in [0.05, 0.1) is 18.2 Å². The lowest BCUT2D eigenvalue weighted by Gasteiger charge is -2.34. The number of ether oxygens (including phenoxy) is 1. The molecule has 1 N–H and O–H groups in total. The highest BCUT2D eigenvalue weighted by atomic mass is 16.5. The molecular formula is C24H27N3O3. The molecule has 0 bridgehead atoms. The highest BCUT2D eigenvalue weighted by molar-refractivity contribution is 6.05. The van der Waals surface area contributed by atoms with Crippen LogP contribution in [0, 0.1) is 11.8 Å². The number of hydrogen-bond donors (Lipinski definition) is 1. The van der Waals surface area contributed by atoms with E-state index < -0.39 is 0 Å². The second-order valence-corrected chi connectivity index (χ2v) is 8.16. The Morgan fingerprint density at radius 2 is 1.87 bits per heavy atom. The molecule has 3 atom stereocenters. The Morgan fingerprint density at radius 3 is 2.63 bits per heavy atom. The van der Waals surface area contributed by atoms with E-state index in [-0.39, 0.29) is 23.2 Å². The Morgan fingerprint density at radius 1 is 1.10 bits per heavy atom. The van der Waals surface area contributed by atoms with Gasteiger partial charge in [-0.15, -0.1) is 0 Å². The van der Waals surface area contributed by atoms with Crippen molar-refractivity contribution in [1.82, 2.24) is 15.1 Å². The van der Waals surface area contributed by atoms with E-state index in [1.807, 2.05) is 6.07 Å². The van der Waals surface area contributed by atoms with Crippen LogP contribution in [-0.4, -0.2) is 28.8 Å². The molecule has 30 heavy (non-hydrogen) atoms. The van der Waals surface area contributed by atoms with Crippen LogP contribution in [0.2, 0.25) is 0 Å². The number of benzene rings is 2. The summed E-state index contributed by atoms with van der Waals surface area (Å²) in [6.45, 7) is 4.43. The SMILES string of the molecule is COc1cccc(-n2nc(C(=O)N[C@@H]3CCC[C@@H](C)[C@H]3C)c3ccccc3c2=O)c1. The quantitative estimate of drug-likeness (QED) is 0.713. The molecule has 3 aromatic rings. The number of aromatic nitrogens is 2. The summed E-state index contributed by atoms with van der Waals surface area (Å²) >= 11 is 0. The van der Waals surface area contributed by atoms with Crippen molar-refractivity contribution in [2.24, 2.45) is 11.8 Å². The molecule has 0 radical (unpaired) electrons. The van der Waals surface area contributed by atoms with Crippen LogP contribution in [0.15, 0.2) is 53.3 Å². The summed E-state index contributed by atoms with van der Waals surface area (Å²) < 4.78 is 6.57. The molecule has 1 fully saturated rings. The van der Waals surface area contributed by atoms with Gasteiger partial charge in [-0.2, -0.15) is 9.78 Å². The molecular weight excluding hydrogens is 378 g/mol. The van der Waals surface area contributed by atoms with Crippen molar-refractivity contribution in [2.45, 2.75) is 39.2 Å². The largest absolute Gasteiger partial charge is 0.497 e. The zero-order chi connectivity index (χ0) is 21.3. The van der Waals surface area contributed by atoms with Gasteiger partial charge in [0.25, 0.3) is 11.5 Å². The van der Waals surface area contributed by atoms with Crippen molar-refractivity contribution in [3.63, 3.8) is 0 Å². The van der Waals surface area contributed by atoms with Crippen molar-refractivity contribution < 1.29 is 9.53 Å². The van der Waals surface area contributed by atoms with E-state index in [9.17, 15) is 9.59 Å². The van der Waals surface area contributed by atoms with Crippen LogP contribution >= 0.6 is 0 Å². The standard InChI is InChI=1S/C24H27N3O3/c1-15-8-6-13-21(16(15)2)25-23(28)22-19-11-4-5-12-20(19)24(29)27(26-22)17-9-7-10-18(14-17)30-3/h4-5,7,9-12,14-16,21H,6,8,13H2,1-3H3,(H,25,28)/t15-,16-,21-/m1/s1. The normalized spacial score (nSPS) is 21.4. The first-order valence-electron chi connectivity index (χ1n) is 10.5. The minimum atomic E-state index is -0.268. The van der Waals surface area contributed by atoms with Crippen molar-refractivity contribution >= 4 is 16.7 Å². The molecule has 1 heterocycles. The van der Waals surface area contributed by atoms with Crippen molar-refractivity contribution in [3.8, 4) is 11.4 Å². The van der Waals surface area contributed by atoms with E-state index in [4.69, 9.17) is 4.74 Å². The zero-order valence-electron chi connectivity index (χ0n) is 17.6. The first-order valence-corrected chi connectivity index (χ1v) is 10.5. The topological polar surface area (TPSA) is 73.2 Å². The maximum Gasteiger partial charge on any atom is 0.279 e. The van der Waals surface area contributed by atoms with Gasteiger partial charge >= 0.3 is 0 Å². The Balaban J connectivity index is 1.80. The molecule has 1 aromatic heterocycles. The average molecular weight is 405 g/mol. The first-order chi connectivity index (χ1) is 14.5. The van der Waals surface area contributed by atoms with E-state index >= 15 is 0 Å². The predicted molar refractivity (Wildman–Crippen MR) is 117 cm³/mol. The number of rotatable bonds is 4. The fraction of sp³-hybridized carbons (Fsp3) is 0.375. The molecule has 2 aromatic carbocycles. The highest BCUT2D eigenvalue weighted by Crippen LogP contribution is 2.30. The first kappa shape index (κ1) is 20.1. The summed E-state index contributed by atoms with van der Waals surface area (Å²) in [6.07, 6.45) is 3.26. The number of carbonyl (C=O) groups excluding carboxylic acids is 1. The van der Waals surface area contributed by atoms with Crippen LogP contribution in [0.3, 0.4) is 0 Å². The maximum atomic E-state index is 13.3. The average Bonchev–Trinajstić information content (AvgIpc) is 2.77. The number of nitrogens with zero attached hydrogens (tertiary/aromatic N) is 2. The predicted octanol–water partition coefficient (Wildman–Crippen LogP) is 3.95. The van der Waals surface area contributed by atoms with Crippen molar-refractivity contribution in [2.75, 3.05) is 7.11 Å². The number of nitrogens with one attached hydrogen (secondary N) is 1. The smallest absolute Gasteiger partial charge is 0.279 e. The van der Waals surface area contributed by atoms with E-state index in [0.717, 1.165) is 12.8 Å². The molecule has 0 aliphatic heterocycles. The number of hydrogen-bond acceptors (Lipinski definition) is 4. The maximum absolute atomic E-state index is 13.3. The van der Waals surface area contributed by atoms with Gasteiger partial charge in [-0.05, 0) is 36.5 Å². The van der Waals surface area contributed by atoms with Crippen molar-refractivity contribution in [3.05, 3.63) is 64.6 Å². The minimum absolute atomic E-state index is 0.110. The second kappa shape index (κ2) is 8.30. The summed E-state index contributed by atoms with van der Waals surface area (Å²) in [5.74, 6) is 1.34. The monoisotopic (exact) mass is 405 g/mol. The molecule has 1 amide bonds. The molecule has 1 aliphatic carbocycles. The Bertz CT molecular complexity index is 1140. The summed E-state index contributed by atoms with van der Waals surface area (Å²) in [7, 11) is 1.57. The van der Waals surface area contributed by atoms with Crippen molar-refractivity contribution in [1.29, 1.82) is 0 Å². The summed E-state index contributed by atoms with van der Waals surface area (Å²) in [6, 6.07) is 14.3. The van der Waals surface area contributed by atoms with Crippen LogP contribution in [0.5, 0.6) is 5.75 Å². The highest BCUT2D eigenvalue weighted by Gasteiger charge is 2.29. The Hall–Kier alpha value is -3.15. The Kier molecular flexibility index (Phi) is 5.57. The van der Waals surface area contributed by atoms with Gasteiger partial charge in [0.2, 0.25) is 0 Å². The van der Waals surface area contributed by atoms with Gasteiger partial charge in [-0.1, -0.05) is 51.0 Å². The van der Waals surface area contributed by atoms with E-state index in [1.54, 1.807) is 49.6 Å². The van der Waals surface area contributed by atoms with E-state index in [2.05, 4.69) is 24.3 Å². The number of amides is 1. The van der Waals surface area contributed by atoms with E-state index in [0.29, 0.717) is 34.0 Å². The summed E-state index contributed by atoms with van der Waals surface area (Å²) in [5, 5.41) is 8.71. The molecule has 1 saturated carbocycles. The molecule has 0 spiro atoms. The lowest BCUT2D eigenvalue weighted by molar-refractivity contribution is 0.0886. The van der Waals surface area contributed by atoms with Gasteiger partial charge < -0.3 is 10.1 Å². The van der Waals surface area contributed by atoms with Crippen LogP contribution < -0.4 is 15.6 Å². The fourth-order valence-corrected chi connectivity index (χ4v) is 4.30. The van der Waals surface area contributed by atoms with Gasteiger partial charge in [0.15, 0.2) is 5.69 Å². The number of fused-ring (bicyclic) bond motifs is 1. The number of carbonyl (C=O) groups is 1. The number of methoxy groups -OCH3 is 1. The fourth-order valence-electron chi connectivity index (χ4n) is 4.30. The molecule has 156 valence electrons. The van der Waals surface area contributed by atoms with E-state index in [1.165, 1.54) is 11.1 Å². The summed E-state index contributed by atoms with van der Waals surface area (Å²) in [5.41, 5.74) is 0.548. The van der Waals surface area contributed by atoms with Crippen LogP contribution in [0.4, 0.5) is 0 Å². The van der Waals surface area contributed by atoms with Gasteiger partial charge in [-0.3, -0.25) is 9.59 Å². The molecule has 6 nitrogen and oxygen atoms in total. The molecule has 0 unspecified atom stereocenters. The Labute approximate surface area is 175 Å². The lowest BCUT2D eigenvalue weighted by Crippen LogP contribution is -2.44. The summed E-state index contributed by atoms with van der Waals surface area (Å²) in [4.78, 5) is 26.4. The van der Waals surface area contributed by atoms with Crippen LogP contribution in [0.1, 0.15) is 43.6 Å². The van der Waals surface area contributed by atoms with Gasteiger partial charge in [0.1, 0.15) is 5.75 Å². The third-order valence-corrected chi connectivity index (χ3v) is 6.34. The lowest BCUT2D eigenvalue weighted by atomic mass is 9.78. The van der Waals surface area contributed by atoms with Crippen LogP contribution in [-0.2, 0) is 0 Å². The van der Waals surface area contributed by atoms with Crippen LogP contribution in [0.25, 0.3) is 16.5 Å². The molecule has 4 rings (SSSR count). The molecule has 0 saturated heterocycles. The third kappa shape index (κ3) is 3.70. The van der Waals surface area contributed by atoms with Gasteiger partial charge in [0, 0.05) is 17.5 Å². The third-order valence-electron chi connectivity index (χ3n) is 6.34. The minimum Gasteiger partial charge on any atom is -0.497 e. The second-order valence-electron chi connectivity index (χ2n) is 8.16. The molecule has 6 heteroatoms. The van der Waals surface area contributed by atoms with Gasteiger partial charge in [-0.25, -0.2) is 0 Å². The zero-order valence-corrected chi connectivity index (χ0v) is 17.6. The molecule has 1 aliphatic rings.